The molecule has 5 rings (SSSR count). The zero-order valence-corrected chi connectivity index (χ0v) is 20.0. The van der Waals surface area contributed by atoms with Gasteiger partial charge in [0.2, 0.25) is 0 Å². The van der Waals surface area contributed by atoms with E-state index in [1.807, 2.05) is 54.6 Å². The fourth-order valence-electron chi connectivity index (χ4n) is 4.37. The summed E-state index contributed by atoms with van der Waals surface area (Å²) in [5.41, 5.74) is 6.29. The van der Waals surface area contributed by atoms with Crippen molar-refractivity contribution in [2.45, 2.75) is 25.7 Å². The van der Waals surface area contributed by atoms with Crippen LogP contribution in [0.3, 0.4) is 0 Å². The maximum atomic E-state index is 10.7. The van der Waals surface area contributed by atoms with Crippen molar-refractivity contribution >= 4 is 17.0 Å². The van der Waals surface area contributed by atoms with Crippen LogP contribution >= 0.6 is 0 Å². The largest absolute Gasteiger partial charge is 0.494 e. The van der Waals surface area contributed by atoms with E-state index in [0.29, 0.717) is 13.0 Å². The van der Waals surface area contributed by atoms with Crippen molar-refractivity contribution < 1.29 is 14.6 Å². The minimum atomic E-state index is -0.749. The molecule has 0 radical (unpaired) electrons. The molecule has 1 heterocycles. The SMILES string of the molecule is O=C(O)CCCCCOc1ccc2nc(-c3ccccc3)n(-c3ccc(-c4ccccc4)cc3)c2c1. The molecule has 0 saturated heterocycles. The Kier molecular flexibility index (Phi) is 7.08. The Morgan fingerprint density at radius 1 is 0.750 bits per heavy atom. The summed E-state index contributed by atoms with van der Waals surface area (Å²) in [5, 5.41) is 8.79. The molecule has 0 unspecified atom stereocenters. The number of carbonyl (C=O) groups is 1. The highest BCUT2D eigenvalue weighted by Gasteiger charge is 2.15. The lowest BCUT2D eigenvalue weighted by Gasteiger charge is -2.12. The molecule has 0 fully saturated rings. The third-order valence-electron chi connectivity index (χ3n) is 6.19. The predicted octanol–water partition coefficient (Wildman–Crippen LogP) is 7.38. The molecular weight excluding hydrogens is 448 g/mol. The molecule has 0 saturated carbocycles. The van der Waals surface area contributed by atoms with Gasteiger partial charge in [-0.2, -0.15) is 0 Å². The lowest BCUT2D eigenvalue weighted by Crippen LogP contribution is -2.00. The Labute approximate surface area is 210 Å². The van der Waals surface area contributed by atoms with E-state index >= 15 is 0 Å². The number of carboxylic acids is 1. The number of imidazole rings is 1. The van der Waals surface area contributed by atoms with Crippen molar-refractivity contribution in [2.75, 3.05) is 6.61 Å². The topological polar surface area (TPSA) is 64.3 Å². The van der Waals surface area contributed by atoms with E-state index in [1.165, 1.54) is 5.56 Å². The van der Waals surface area contributed by atoms with Gasteiger partial charge < -0.3 is 9.84 Å². The van der Waals surface area contributed by atoms with Gasteiger partial charge in [0.25, 0.3) is 0 Å². The number of hydrogen-bond donors (Lipinski definition) is 1. The zero-order valence-electron chi connectivity index (χ0n) is 20.0. The highest BCUT2D eigenvalue weighted by Crippen LogP contribution is 2.32. The van der Waals surface area contributed by atoms with Crippen LogP contribution < -0.4 is 4.74 Å². The number of aliphatic carboxylic acids is 1. The lowest BCUT2D eigenvalue weighted by atomic mass is 10.1. The molecule has 36 heavy (non-hydrogen) atoms. The third kappa shape index (κ3) is 5.31. The van der Waals surface area contributed by atoms with E-state index in [9.17, 15) is 4.79 Å². The molecule has 0 spiro atoms. The van der Waals surface area contributed by atoms with E-state index in [-0.39, 0.29) is 6.42 Å². The second-order valence-corrected chi connectivity index (χ2v) is 8.75. The Balaban J connectivity index is 1.46. The van der Waals surface area contributed by atoms with Crippen LogP contribution in [0, 0.1) is 0 Å². The standard InChI is InChI=1S/C31H28N2O3/c34-30(35)14-8-3-9-21-36-27-19-20-28-29(22-27)33(31(32-28)25-12-6-2-7-13-25)26-17-15-24(16-18-26)23-10-4-1-5-11-23/h1-2,4-7,10-13,15-20,22H,3,8-9,14,21H2,(H,34,35). The summed E-state index contributed by atoms with van der Waals surface area (Å²) >= 11 is 0. The van der Waals surface area contributed by atoms with Crippen molar-refractivity contribution in [3.8, 4) is 34.0 Å². The number of carboxylic acid groups (broad SMARTS) is 1. The number of hydrogen-bond acceptors (Lipinski definition) is 3. The van der Waals surface area contributed by atoms with Crippen LogP contribution in [-0.4, -0.2) is 27.2 Å². The van der Waals surface area contributed by atoms with Gasteiger partial charge in [-0.05, 0) is 54.7 Å². The first-order valence-electron chi connectivity index (χ1n) is 12.3. The monoisotopic (exact) mass is 476 g/mol. The average Bonchev–Trinajstić information content (AvgIpc) is 3.30. The van der Waals surface area contributed by atoms with Gasteiger partial charge in [-0.3, -0.25) is 9.36 Å². The quantitative estimate of drug-likeness (QED) is 0.214. The molecule has 4 aromatic carbocycles. The number of aromatic nitrogens is 2. The van der Waals surface area contributed by atoms with Crippen LogP contribution in [-0.2, 0) is 4.79 Å². The van der Waals surface area contributed by atoms with E-state index in [4.69, 9.17) is 14.8 Å². The number of ether oxygens (including phenoxy) is 1. The normalized spacial score (nSPS) is 11.0. The van der Waals surface area contributed by atoms with E-state index in [0.717, 1.165) is 52.3 Å². The van der Waals surface area contributed by atoms with Crippen LogP contribution in [0.5, 0.6) is 5.75 Å². The molecule has 0 aliphatic heterocycles. The van der Waals surface area contributed by atoms with Crippen molar-refractivity contribution in [1.29, 1.82) is 0 Å². The highest BCUT2D eigenvalue weighted by molar-refractivity contribution is 5.84. The summed E-state index contributed by atoms with van der Waals surface area (Å²) in [4.78, 5) is 15.7. The number of nitrogens with zero attached hydrogens (tertiary/aromatic N) is 2. The maximum Gasteiger partial charge on any atom is 0.303 e. The van der Waals surface area contributed by atoms with Gasteiger partial charge >= 0.3 is 5.97 Å². The molecule has 0 aliphatic rings. The molecule has 0 aliphatic carbocycles. The summed E-state index contributed by atoms with van der Waals surface area (Å²) in [6, 6.07) is 35.1. The Morgan fingerprint density at radius 2 is 1.42 bits per heavy atom. The van der Waals surface area contributed by atoms with Crippen LogP contribution in [0.1, 0.15) is 25.7 Å². The second kappa shape index (κ2) is 10.9. The van der Waals surface area contributed by atoms with Gasteiger partial charge in [-0.1, -0.05) is 72.8 Å². The molecule has 5 aromatic rings. The first-order chi connectivity index (χ1) is 17.7. The summed E-state index contributed by atoms with van der Waals surface area (Å²) in [7, 11) is 0. The molecule has 0 atom stereocenters. The third-order valence-corrected chi connectivity index (χ3v) is 6.19. The molecular formula is C31H28N2O3. The average molecular weight is 477 g/mol. The molecule has 1 aromatic heterocycles. The van der Waals surface area contributed by atoms with Gasteiger partial charge in [0.15, 0.2) is 0 Å². The molecule has 0 amide bonds. The minimum absolute atomic E-state index is 0.205. The number of fused-ring (bicyclic) bond motifs is 1. The van der Waals surface area contributed by atoms with Crippen LogP contribution in [0.2, 0.25) is 0 Å². The summed E-state index contributed by atoms with van der Waals surface area (Å²) in [6.45, 7) is 0.552. The van der Waals surface area contributed by atoms with E-state index in [1.54, 1.807) is 0 Å². The lowest BCUT2D eigenvalue weighted by molar-refractivity contribution is -0.137. The van der Waals surface area contributed by atoms with Crippen LogP contribution in [0.15, 0.2) is 103 Å². The van der Waals surface area contributed by atoms with E-state index < -0.39 is 5.97 Å². The summed E-state index contributed by atoms with van der Waals surface area (Å²) in [5.74, 6) is 0.909. The van der Waals surface area contributed by atoms with Gasteiger partial charge in [0.1, 0.15) is 11.6 Å². The Bertz CT molecular complexity index is 1440. The molecule has 5 nitrogen and oxygen atoms in total. The number of rotatable bonds is 10. The zero-order chi connectivity index (χ0) is 24.7. The highest BCUT2D eigenvalue weighted by atomic mass is 16.5. The molecule has 1 N–H and O–H groups in total. The van der Waals surface area contributed by atoms with Crippen molar-refractivity contribution in [3.05, 3.63) is 103 Å². The molecule has 0 bridgehead atoms. The van der Waals surface area contributed by atoms with Crippen LogP contribution in [0.25, 0.3) is 39.2 Å². The number of unbranched alkanes of at least 4 members (excludes halogenated alkanes) is 2. The van der Waals surface area contributed by atoms with Gasteiger partial charge in [0, 0.05) is 23.7 Å². The Morgan fingerprint density at radius 3 is 2.11 bits per heavy atom. The van der Waals surface area contributed by atoms with Gasteiger partial charge in [-0.15, -0.1) is 0 Å². The van der Waals surface area contributed by atoms with Crippen molar-refractivity contribution in [2.24, 2.45) is 0 Å². The van der Waals surface area contributed by atoms with Gasteiger partial charge in [0.05, 0.1) is 17.6 Å². The summed E-state index contributed by atoms with van der Waals surface area (Å²) in [6.07, 6.45) is 2.53. The fourth-order valence-corrected chi connectivity index (χ4v) is 4.37. The Hall–Kier alpha value is -4.38. The van der Waals surface area contributed by atoms with Crippen molar-refractivity contribution in [3.63, 3.8) is 0 Å². The van der Waals surface area contributed by atoms with Crippen LogP contribution in [0.4, 0.5) is 0 Å². The molecule has 180 valence electrons. The minimum Gasteiger partial charge on any atom is -0.494 e. The van der Waals surface area contributed by atoms with Crippen molar-refractivity contribution in [1.82, 2.24) is 9.55 Å². The van der Waals surface area contributed by atoms with Gasteiger partial charge in [-0.25, -0.2) is 4.98 Å². The first-order valence-corrected chi connectivity index (χ1v) is 12.3. The maximum absolute atomic E-state index is 10.7. The number of benzene rings is 4. The fraction of sp³-hybridized carbons (Fsp3) is 0.161. The summed E-state index contributed by atoms with van der Waals surface area (Å²) < 4.78 is 8.20. The molecule has 5 heteroatoms. The second-order valence-electron chi connectivity index (χ2n) is 8.75. The smallest absolute Gasteiger partial charge is 0.303 e. The van der Waals surface area contributed by atoms with E-state index in [2.05, 4.69) is 53.1 Å². The first kappa shape index (κ1) is 23.4. The predicted molar refractivity (Wildman–Crippen MR) is 144 cm³/mol.